The summed E-state index contributed by atoms with van der Waals surface area (Å²) in [6, 6.07) is 6.25. The van der Waals surface area contributed by atoms with E-state index in [0.29, 0.717) is 12.0 Å². The lowest BCUT2D eigenvalue weighted by Crippen LogP contribution is -2.37. The molecule has 1 heterocycles. The molecule has 1 saturated heterocycles. The number of aliphatic hydroxyl groups excluding tert-OH is 1. The Labute approximate surface area is 131 Å². The van der Waals surface area contributed by atoms with E-state index < -0.39 is 28.7 Å². The van der Waals surface area contributed by atoms with Crippen LogP contribution < -0.4 is 0 Å². The van der Waals surface area contributed by atoms with Crippen molar-refractivity contribution in [3.05, 3.63) is 63.7 Å². The highest BCUT2D eigenvalue weighted by Gasteiger charge is 2.52. The number of ether oxygens (including phenoxy) is 1. The van der Waals surface area contributed by atoms with Crippen molar-refractivity contribution in [2.24, 2.45) is 0 Å². The minimum atomic E-state index is -1.67. The molecular weight excluding hydrogens is 302 g/mol. The fourth-order valence-electron chi connectivity index (χ4n) is 2.82. The van der Waals surface area contributed by atoms with E-state index in [-0.39, 0.29) is 12.1 Å². The SMILES string of the molecule is O=C1OC2C[C@@]1(O)C=C(/C=C/Cc1cccc([N+](=O)[O-])c1)[C@H]2O. The van der Waals surface area contributed by atoms with Crippen LogP contribution in [0.5, 0.6) is 0 Å². The third-order valence-electron chi connectivity index (χ3n) is 4.01. The van der Waals surface area contributed by atoms with Crippen molar-refractivity contribution in [3.63, 3.8) is 0 Å². The summed E-state index contributed by atoms with van der Waals surface area (Å²) in [6.45, 7) is 0. The van der Waals surface area contributed by atoms with Gasteiger partial charge < -0.3 is 14.9 Å². The predicted molar refractivity (Wildman–Crippen MR) is 79.5 cm³/mol. The Morgan fingerprint density at radius 1 is 1.48 bits per heavy atom. The van der Waals surface area contributed by atoms with Gasteiger partial charge in [-0.3, -0.25) is 10.1 Å². The Hall–Kier alpha value is -2.51. The molecule has 3 rings (SSSR count). The number of carbonyl (C=O) groups is 1. The lowest BCUT2D eigenvalue weighted by molar-refractivity contribution is -0.384. The van der Waals surface area contributed by atoms with Crippen LogP contribution in [0, 0.1) is 10.1 Å². The summed E-state index contributed by atoms with van der Waals surface area (Å²) in [7, 11) is 0. The van der Waals surface area contributed by atoms with Crippen LogP contribution in [-0.2, 0) is 16.0 Å². The molecule has 7 nitrogen and oxygen atoms in total. The van der Waals surface area contributed by atoms with Crippen LogP contribution in [0.3, 0.4) is 0 Å². The maximum atomic E-state index is 11.5. The zero-order valence-electron chi connectivity index (χ0n) is 12.1. The normalized spacial score (nSPS) is 29.5. The average molecular weight is 317 g/mol. The van der Waals surface area contributed by atoms with Gasteiger partial charge in [-0.2, -0.15) is 0 Å². The van der Waals surface area contributed by atoms with Gasteiger partial charge in [-0.15, -0.1) is 0 Å². The molecule has 2 N–H and O–H groups in total. The number of allylic oxidation sites excluding steroid dienone is 1. The van der Waals surface area contributed by atoms with E-state index in [4.69, 9.17) is 4.74 Å². The molecule has 3 atom stereocenters. The molecule has 0 spiro atoms. The molecule has 1 fully saturated rings. The second kappa shape index (κ2) is 5.60. The van der Waals surface area contributed by atoms with Gasteiger partial charge in [-0.05, 0) is 23.6 Å². The van der Waals surface area contributed by atoms with Crippen LogP contribution in [0.15, 0.2) is 48.1 Å². The number of carbonyl (C=O) groups excluding carboxylic acids is 1. The second-order valence-corrected chi connectivity index (χ2v) is 5.69. The van der Waals surface area contributed by atoms with Gasteiger partial charge in [-0.1, -0.05) is 24.3 Å². The van der Waals surface area contributed by atoms with Crippen molar-refractivity contribution >= 4 is 11.7 Å². The second-order valence-electron chi connectivity index (χ2n) is 5.69. The van der Waals surface area contributed by atoms with Gasteiger partial charge in [0.15, 0.2) is 5.60 Å². The summed E-state index contributed by atoms with van der Waals surface area (Å²) in [5, 5.41) is 31.0. The van der Waals surface area contributed by atoms with Gasteiger partial charge in [0.05, 0.1) is 4.92 Å². The molecule has 2 bridgehead atoms. The van der Waals surface area contributed by atoms with Crippen molar-refractivity contribution in [1.29, 1.82) is 0 Å². The van der Waals surface area contributed by atoms with Crippen molar-refractivity contribution in [2.75, 3.05) is 0 Å². The van der Waals surface area contributed by atoms with Crippen LogP contribution >= 0.6 is 0 Å². The van der Waals surface area contributed by atoms with Gasteiger partial charge in [0.2, 0.25) is 0 Å². The standard InChI is InChI=1S/C16H15NO6/c18-14-11(8-16(20)9-13(14)23-15(16)19)5-1-3-10-4-2-6-12(7-10)17(21)22/h1-2,4-8,13-14,18,20H,3,9H2/b5-1+/t13?,14-,16+/m1/s1. The maximum Gasteiger partial charge on any atom is 0.342 e. The quantitative estimate of drug-likeness (QED) is 0.488. The van der Waals surface area contributed by atoms with Crippen molar-refractivity contribution < 1.29 is 24.7 Å². The van der Waals surface area contributed by atoms with E-state index >= 15 is 0 Å². The monoisotopic (exact) mass is 317 g/mol. The highest BCUT2D eigenvalue weighted by atomic mass is 16.6. The number of benzene rings is 1. The topological polar surface area (TPSA) is 110 Å². The van der Waals surface area contributed by atoms with Gasteiger partial charge in [0.1, 0.15) is 12.2 Å². The molecule has 7 heteroatoms. The number of esters is 1. The summed E-state index contributed by atoms with van der Waals surface area (Å²) in [5.74, 6) is -0.747. The van der Waals surface area contributed by atoms with E-state index in [9.17, 15) is 25.1 Å². The molecular formula is C16H15NO6. The Morgan fingerprint density at radius 2 is 2.26 bits per heavy atom. The first-order chi connectivity index (χ1) is 10.9. The van der Waals surface area contributed by atoms with Gasteiger partial charge in [0.25, 0.3) is 5.69 Å². The van der Waals surface area contributed by atoms with E-state index in [1.807, 2.05) is 0 Å². The van der Waals surface area contributed by atoms with E-state index in [0.717, 1.165) is 5.56 Å². The zero-order chi connectivity index (χ0) is 16.6. The molecule has 2 aliphatic rings. The molecule has 1 aromatic carbocycles. The van der Waals surface area contributed by atoms with E-state index in [1.165, 1.54) is 18.2 Å². The fourth-order valence-corrected chi connectivity index (χ4v) is 2.82. The third kappa shape index (κ3) is 2.88. The van der Waals surface area contributed by atoms with Crippen molar-refractivity contribution in [3.8, 4) is 0 Å². The van der Waals surface area contributed by atoms with Gasteiger partial charge in [0, 0.05) is 18.6 Å². The number of non-ortho nitro benzene ring substituents is 1. The van der Waals surface area contributed by atoms with Crippen molar-refractivity contribution in [2.45, 2.75) is 30.7 Å². The first kappa shape index (κ1) is 15.4. The molecule has 120 valence electrons. The first-order valence-corrected chi connectivity index (χ1v) is 7.13. The molecule has 1 aromatic rings. The lowest BCUT2D eigenvalue weighted by Gasteiger charge is -2.24. The Balaban J connectivity index is 1.74. The molecule has 23 heavy (non-hydrogen) atoms. The molecule has 0 amide bonds. The smallest absolute Gasteiger partial charge is 0.342 e. The van der Waals surface area contributed by atoms with Gasteiger partial charge >= 0.3 is 5.97 Å². The summed E-state index contributed by atoms with van der Waals surface area (Å²) in [6.07, 6.45) is 3.37. The van der Waals surface area contributed by atoms with Crippen LogP contribution in [0.25, 0.3) is 0 Å². The average Bonchev–Trinajstić information content (AvgIpc) is 2.77. The molecule has 0 radical (unpaired) electrons. The first-order valence-electron chi connectivity index (χ1n) is 7.13. The van der Waals surface area contributed by atoms with Crippen LogP contribution in [-0.4, -0.2) is 38.9 Å². The summed E-state index contributed by atoms with van der Waals surface area (Å²) >= 11 is 0. The lowest BCUT2D eigenvalue weighted by atomic mass is 9.85. The zero-order valence-corrected chi connectivity index (χ0v) is 12.1. The van der Waals surface area contributed by atoms with Crippen LogP contribution in [0.2, 0.25) is 0 Å². The summed E-state index contributed by atoms with van der Waals surface area (Å²) in [5.41, 5.74) is -0.510. The fraction of sp³-hybridized carbons (Fsp3) is 0.312. The number of hydrogen-bond acceptors (Lipinski definition) is 6. The predicted octanol–water partition coefficient (Wildman–Crippen LogP) is 1.04. The summed E-state index contributed by atoms with van der Waals surface area (Å²) in [4.78, 5) is 21.8. The number of rotatable bonds is 4. The van der Waals surface area contributed by atoms with E-state index in [2.05, 4.69) is 0 Å². The number of nitro benzene ring substituents is 1. The number of hydrogen-bond donors (Lipinski definition) is 2. The largest absolute Gasteiger partial charge is 0.457 e. The number of nitro groups is 1. The molecule has 1 aliphatic heterocycles. The molecule has 1 unspecified atom stereocenters. The molecule has 0 aromatic heterocycles. The summed E-state index contributed by atoms with van der Waals surface area (Å²) < 4.78 is 4.94. The third-order valence-corrected chi connectivity index (χ3v) is 4.01. The minimum absolute atomic E-state index is 0.0131. The van der Waals surface area contributed by atoms with Crippen molar-refractivity contribution in [1.82, 2.24) is 0 Å². The van der Waals surface area contributed by atoms with E-state index in [1.54, 1.807) is 24.3 Å². The van der Waals surface area contributed by atoms with Crippen LogP contribution in [0.4, 0.5) is 5.69 Å². The Bertz CT molecular complexity index is 725. The number of aliphatic hydroxyl groups is 2. The number of fused-ring (bicyclic) bond motifs is 2. The number of nitrogens with zero attached hydrogens (tertiary/aromatic N) is 1. The Morgan fingerprint density at radius 3 is 3.00 bits per heavy atom. The maximum absolute atomic E-state index is 11.5. The van der Waals surface area contributed by atoms with Gasteiger partial charge in [-0.25, -0.2) is 4.79 Å². The van der Waals surface area contributed by atoms with Crippen LogP contribution in [0.1, 0.15) is 12.0 Å². The highest BCUT2D eigenvalue weighted by Crippen LogP contribution is 2.37. The molecule has 0 saturated carbocycles. The highest BCUT2D eigenvalue weighted by molar-refractivity contribution is 5.85. The molecule has 1 aliphatic carbocycles. The Kier molecular flexibility index (Phi) is 3.75. The minimum Gasteiger partial charge on any atom is -0.457 e.